The van der Waals surface area contributed by atoms with E-state index in [-0.39, 0.29) is 5.91 Å². The first-order valence-corrected chi connectivity index (χ1v) is 7.62. The van der Waals surface area contributed by atoms with Gasteiger partial charge in [-0.15, -0.1) is 0 Å². The molecule has 0 unspecified atom stereocenters. The second-order valence-corrected chi connectivity index (χ2v) is 5.38. The van der Waals surface area contributed by atoms with Crippen LogP contribution in [0.3, 0.4) is 0 Å². The van der Waals surface area contributed by atoms with Crippen LogP contribution in [0.15, 0.2) is 36.4 Å². The van der Waals surface area contributed by atoms with E-state index >= 15 is 0 Å². The number of benzene rings is 1. The van der Waals surface area contributed by atoms with Crippen molar-refractivity contribution < 1.29 is 14.7 Å². The number of hydrogen-bond donors (Lipinski definition) is 0. The van der Waals surface area contributed by atoms with Gasteiger partial charge in [0.1, 0.15) is 0 Å². The van der Waals surface area contributed by atoms with E-state index < -0.39 is 5.97 Å². The Hall–Kier alpha value is -2.30. The summed E-state index contributed by atoms with van der Waals surface area (Å²) in [5, 5.41) is 10.3. The summed E-state index contributed by atoms with van der Waals surface area (Å²) in [5.41, 5.74) is 2.50. The molecule has 0 aliphatic carbocycles. The van der Waals surface area contributed by atoms with Crippen LogP contribution in [-0.4, -0.2) is 43.0 Å². The van der Waals surface area contributed by atoms with Gasteiger partial charge in [0.05, 0.1) is 5.97 Å². The van der Waals surface area contributed by atoms with Crippen molar-refractivity contribution in [3.05, 3.63) is 42.0 Å². The molecule has 0 radical (unpaired) electrons. The Morgan fingerprint density at radius 3 is 2.27 bits per heavy atom. The summed E-state index contributed by atoms with van der Waals surface area (Å²) in [4.78, 5) is 26.0. The molecule has 1 aromatic carbocycles. The minimum Gasteiger partial charge on any atom is -0.545 e. The lowest BCUT2D eigenvalue weighted by Gasteiger charge is -2.35. The molecule has 1 heterocycles. The summed E-state index contributed by atoms with van der Waals surface area (Å²) >= 11 is 0. The van der Waals surface area contributed by atoms with E-state index in [4.69, 9.17) is 0 Å². The third kappa shape index (κ3) is 4.35. The van der Waals surface area contributed by atoms with Crippen LogP contribution in [0.2, 0.25) is 0 Å². The number of carbonyl (C=O) groups excluding carboxylic acids is 2. The summed E-state index contributed by atoms with van der Waals surface area (Å²) in [5.74, 6) is -1.62. The summed E-state index contributed by atoms with van der Waals surface area (Å²) in [6, 6.07) is 8.55. The normalized spacial score (nSPS) is 15.3. The maximum absolute atomic E-state index is 11.8. The van der Waals surface area contributed by atoms with Crippen molar-refractivity contribution in [2.24, 2.45) is 0 Å². The second kappa shape index (κ2) is 7.64. The van der Waals surface area contributed by atoms with Gasteiger partial charge in [-0.05, 0) is 30.2 Å². The van der Waals surface area contributed by atoms with Crippen LogP contribution in [0.25, 0.3) is 0 Å². The monoisotopic (exact) mass is 301 g/mol. The van der Waals surface area contributed by atoms with Crippen molar-refractivity contribution in [2.45, 2.75) is 19.8 Å². The molecular formula is C17H21N2O3-. The lowest BCUT2D eigenvalue weighted by Crippen LogP contribution is -2.48. The SMILES string of the molecule is CCCc1ccc(N2CCN(C(=O)/C=C\C(=O)[O-])CC2)cc1. The third-order valence-electron chi connectivity index (χ3n) is 3.79. The molecule has 1 aliphatic rings. The number of amides is 1. The standard InChI is InChI=1S/C17H22N2O3/c1-2-3-14-4-6-15(7-5-14)18-10-12-19(13-11-18)16(20)8-9-17(21)22/h4-9H,2-3,10-13H2,1H3,(H,21,22)/p-1/b9-8-. The predicted molar refractivity (Wildman–Crippen MR) is 83.4 cm³/mol. The number of carboxylic acid groups (broad SMARTS) is 1. The Morgan fingerprint density at radius 2 is 1.73 bits per heavy atom. The van der Waals surface area contributed by atoms with Gasteiger partial charge in [0.2, 0.25) is 5.91 Å². The van der Waals surface area contributed by atoms with Crippen LogP contribution >= 0.6 is 0 Å². The number of anilines is 1. The lowest BCUT2D eigenvalue weighted by molar-refractivity contribution is -0.297. The molecule has 5 heteroatoms. The Kier molecular flexibility index (Phi) is 5.58. The number of aryl methyl sites for hydroxylation is 1. The van der Waals surface area contributed by atoms with Gasteiger partial charge in [0.15, 0.2) is 0 Å². The highest BCUT2D eigenvalue weighted by atomic mass is 16.4. The van der Waals surface area contributed by atoms with E-state index in [1.165, 1.54) is 5.56 Å². The fourth-order valence-corrected chi connectivity index (χ4v) is 2.59. The lowest BCUT2D eigenvalue weighted by atomic mass is 10.1. The summed E-state index contributed by atoms with van der Waals surface area (Å²) in [7, 11) is 0. The number of carboxylic acids is 1. The average molecular weight is 301 g/mol. The summed E-state index contributed by atoms with van der Waals surface area (Å²) in [6.07, 6.45) is 4.07. The number of hydrogen-bond acceptors (Lipinski definition) is 4. The van der Waals surface area contributed by atoms with E-state index in [1.54, 1.807) is 4.90 Å². The molecule has 0 aromatic heterocycles. The van der Waals surface area contributed by atoms with Crippen LogP contribution < -0.4 is 10.0 Å². The van der Waals surface area contributed by atoms with Gasteiger partial charge in [-0.25, -0.2) is 0 Å². The van der Waals surface area contributed by atoms with Gasteiger partial charge in [0, 0.05) is 37.9 Å². The molecule has 118 valence electrons. The number of nitrogens with zero attached hydrogens (tertiary/aromatic N) is 2. The van der Waals surface area contributed by atoms with Crippen LogP contribution in [0.5, 0.6) is 0 Å². The molecule has 0 N–H and O–H groups in total. The van der Waals surface area contributed by atoms with Crippen molar-refractivity contribution in [1.82, 2.24) is 4.90 Å². The zero-order valence-corrected chi connectivity index (χ0v) is 12.8. The molecule has 1 saturated heterocycles. The van der Waals surface area contributed by atoms with Gasteiger partial charge in [-0.1, -0.05) is 25.5 Å². The Bertz CT molecular complexity index is 544. The molecule has 0 bridgehead atoms. The predicted octanol–water partition coefficient (Wildman–Crippen LogP) is 0.594. The zero-order valence-electron chi connectivity index (χ0n) is 12.8. The maximum Gasteiger partial charge on any atom is 0.246 e. The molecular weight excluding hydrogens is 280 g/mol. The van der Waals surface area contributed by atoms with Crippen molar-refractivity contribution in [1.29, 1.82) is 0 Å². The minimum atomic E-state index is -1.35. The molecule has 1 amide bonds. The summed E-state index contributed by atoms with van der Waals surface area (Å²) in [6.45, 7) is 4.84. The average Bonchev–Trinajstić information content (AvgIpc) is 2.54. The molecule has 1 fully saturated rings. The Labute approximate surface area is 130 Å². The van der Waals surface area contributed by atoms with Crippen molar-refractivity contribution in [3.8, 4) is 0 Å². The number of carbonyl (C=O) groups is 2. The smallest absolute Gasteiger partial charge is 0.246 e. The molecule has 2 rings (SSSR count). The highest BCUT2D eigenvalue weighted by Gasteiger charge is 2.19. The fraction of sp³-hybridized carbons (Fsp3) is 0.412. The van der Waals surface area contributed by atoms with E-state index in [9.17, 15) is 14.7 Å². The van der Waals surface area contributed by atoms with Gasteiger partial charge < -0.3 is 19.7 Å². The Balaban J connectivity index is 1.88. The summed E-state index contributed by atoms with van der Waals surface area (Å²) < 4.78 is 0. The second-order valence-electron chi connectivity index (χ2n) is 5.38. The van der Waals surface area contributed by atoms with Gasteiger partial charge in [-0.3, -0.25) is 4.79 Å². The quantitative estimate of drug-likeness (QED) is 0.747. The van der Waals surface area contributed by atoms with Crippen molar-refractivity contribution in [2.75, 3.05) is 31.1 Å². The van der Waals surface area contributed by atoms with Crippen LogP contribution in [0.4, 0.5) is 5.69 Å². The van der Waals surface area contributed by atoms with Crippen molar-refractivity contribution >= 4 is 17.6 Å². The van der Waals surface area contributed by atoms with Crippen molar-refractivity contribution in [3.63, 3.8) is 0 Å². The Morgan fingerprint density at radius 1 is 1.09 bits per heavy atom. The first kappa shape index (κ1) is 16.1. The largest absolute Gasteiger partial charge is 0.545 e. The number of rotatable bonds is 5. The van der Waals surface area contributed by atoms with Crippen LogP contribution in [0, 0.1) is 0 Å². The maximum atomic E-state index is 11.8. The van der Waals surface area contributed by atoms with E-state index in [0.29, 0.717) is 13.1 Å². The molecule has 0 spiro atoms. The molecule has 5 nitrogen and oxygen atoms in total. The first-order chi connectivity index (χ1) is 10.6. The van der Waals surface area contributed by atoms with Crippen LogP contribution in [0.1, 0.15) is 18.9 Å². The van der Waals surface area contributed by atoms with E-state index in [0.717, 1.165) is 43.8 Å². The molecule has 0 atom stereocenters. The topological polar surface area (TPSA) is 63.7 Å². The molecule has 1 aliphatic heterocycles. The van der Waals surface area contributed by atoms with Gasteiger partial charge in [-0.2, -0.15) is 0 Å². The van der Waals surface area contributed by atoms with Gasteiger partial charge in [0.25, 0.3) is 0 Å². The van der Waals surface area contributed by atoms with E-state index in [1.807, 2.05) is 0 Å². The third-order valence-corrected chi connectivity index (χ3v) is 3.79. The fourth-order valence-electron chi connectivity index (χ4n) is 2.59. The van der Waals surface area contributed by atoms with E-state index in [2.05, 4.69) is 36.1 Å². The highest BCUT2D eigenvalue weighted by Crippen LogP contribution is 2.18. The minimum absolute atomic E-state index is 0.276. The zero-order chi connectivity index (χ0) is 15.9. The molecule has 1 aromatic rings. The number of aliphatic carboxylic acids is 1. The molecule has 22 heavy (non-hydrogen) atoms. The highest BCUT2D eigenvalue weighted by molar-refractivity contribution is 5.93. The van der Waals surface area contributed by atoms with Crippen LogP contribution in [-0.2, 0) is 16.0 Å². The first-order valence-electron chi connectivity index (χ1n) is 7.62. The number of piperazine rings is 1. The van der Waals surface area contributed by atoms with Gasteiger partial charge >= 0.3 is 0 Å². The molecule has 0 saturated carbocycles.